The van der Waals surface area contributed by atoms with E-state index in [1.54, 1.807) is 37.3 Å². The number of hydrogen-bond donors (Lipinski definition) is 1. The average Bonchev–Trinajstić information content (AvgIpc) is 3.16. The largest absolute Gasteiger partial charge is 0.490 e. The Morgan fingerprint density at radius 3 is 2.67 bits per heavy atom. The Hall–Kier alpha value is -4.07. The number of ether oxygens (including phenoxy) is 3. The van der Waals surface area contributed by atoms with Crippen LogP contribution in [0.2, 0.25) is 0 Å². The van der Waals surface area contributed by atoms with Crippen molar-refractivity contribution in [3.05, 3.63) is 71.0 Å². The second-order valence-corrected chi connectivity index (χ2v) is 7.48. The molecule has 0 radical (unpaired) electrons. The Morgan fingerprint density at radius 1 is 1.06 bits per heavy atom. The first kappa shape index (κ1) is 22.1. The van der Waals surface area contributed by atoms with Gasteiger partial charge in [-0.25, -0.2) is 0 Å². The molecule has 0 atom stereocenters. The number of nitrogens with zero attached hydrogens (tertiary/aromatic N) is 2. The van der Waals surface area contributed by atoms with Gasteiger partial charge < -0.3 is 19.0 Å². The van der Waals surface area contributed by atoms with Gasteiger partial charge in [0.05, 0.1) is 12.2 Å². The maximum atomic E-state index is 12.5. The molecule has 2 aromatic carbocycles. The van der Waals surface area contributed by atoms with Gasteiger partial charge in [-0.15, -0.1) is 5.06 Å². The summed E-state index contributed by atoms with van der Waals surface area (Å²) in [4.78, 5) is 21.9. The van der Waals surface area contributed by atoms with Crippen LogP contribution in [0.5, 0.6) is 17.2 Å². The quantitative estimate of drug-likeness (QED) is 0.479. The molecule has 2 aliphatic rings. The molecule has 2 heterocycles. The smallest absolute Gasteiger partial charge is 0.282 e. The molecule has 1 N–H and O–H groups in total. The van der Waals surface area contributed by atoms with Gasteiger partial charge in [0, 0.05) is 6.08 Å². The van der Waals surface area contributed by atoms with Crippen LogP contribution in [-0.4, -0.2) is 42.5 Å². The monoisotopic (exact) mass is 447 g/mol. The molecule has 8 nitrogen and oxygen atoms in total. The van der Waals surface area contributed by atoms with Crippen LogP contribution >= 0.6 is 0 Å². The summed E-state index contributed by atoms with van der Waals surface area (Å²) < 4.78 is 17.3. The lowest BCUT2D eigenvalue weighted by molar-refractivity contribution is -0.114. The highest BCUT2D eigenvalue weighted by atomic mass is 16.7. The zero-order chi connectivity index (χ0) is 23.4. The van der Waals surface area contributed by atoms with E-state index < -0.39 is 5.91 Å². The molecule has 0 saturated heterocycles. The number of amidine groups is 2. The number of carbonyl (C=O) groups excluding carboxylic acids is 1. The fraction of sp³-hybridized carbons (Fsp3) is 0.240. The van der Waals surface area contributed by atoms with Crippen LogP contribution in [0.1, 0.15) is 25.0 Å². The van der Waals surface area contributed by atoms with Crippen molar-refractivity contribution >= 4 is 23.7 Å². The molecule has 2 aliphatic heterocycles. The van der Waals surface area contributed by atoms with Crippen LogP contribution < -0.4 is 14.2 Å². The van der Waals surface area contributed by atoms with Crippen LogP contribution in [0.15, 0.2) is 64.9 Å². The van der Waals surface area contributed by atoms with E-state index in [0.29, 0.717) is 48.5 Å². The van der Waals surface area contributed by atoms with Gasteiger partial charge in [-0.3, -0.25) is 10.2 Å². The molecule has 0 unspecified atom stereocenters. The third-order valence-electron chi connectivity index (χ3n) is 4.86. The molecule has 2 aromatic rings. The van der Waals surface area contributed by atoms with E-state index in [2.05, 4.69) is 4.99 Å². The molecule has 0 saturated carbocycles. The predicted molar refractivity (Wildman–Crippen MR) is 125 cm³/mol. The van der Waals surface area contributed by atoms with Crippen molar-refractivity contribution < 1.29 is 23.8 Å². The first-order chi connectivity index (χ1) is 15.9. The predicted octanol–water partition coefficient (Wildman–Crippen LogP) is 4.30. The molecule has 4 rings (SSSR count). The number of amides is 1. The standard InChI is InChI=1S/C25H25N3O5/c1-4-30-22-15-18(14-20-24(26)28-23(27-25(20)29)13-17(3)33-28)8-9-21(22)32-11-10-31-19-7-5-6-16(2)12-19/h5-9,12-15,26H,4,10-11H2,1-3H3/b20-14-,26-24?. The highest BCUT2D eigenvalue weighted by Crippen LogP contribution is 2.30. The number of fused-ring (bicyclic) bond motifs is 1. The molecule has 0 bridgehead atoms. The summed E-state index contributed by atoms with van der Waals surface area (Å²) in [6, 6.07) is 13.2. The van der Waals surface area contributed by atoms with E-state index in [4.69, 9.17) is 24.5 Å². The second kappa shape index (κ2) is 9.60. The number of aryl methyl sites for hydroxylation is 1. The van der Waals surface area contributed by atoms with E-state index >= 15 is 0 Å². The third-order valence-corrected chi connectivity index (χ3v) is 4.86. The Morgan fingerprint density at radius 2 is 1.88 bits per heavy atom. The third kappa shape index (κ3) is 5.06. The number of nitrogens with one attached hydrogen (secondary N) is 1. The molecule has 170 valence electrons. The van der Waals surface area contributed by atoms with Gasteiger partial charge in [-0.1, -0.05) is 18.2 Å². The van der Waals surface area contributed by atoms with Crippen LogP contribution in [0.25, 0.3) is 6.08 Å². The van der Waals surface area contributed by atoms with Crippen molar-refractivity contribution in [2.75, 3.05) is 19.8 Å². The first-order valence-corrected chi connectivity index (χ1v) is 10.6. The molecule has 33 heavy (non-hydrogen) atoms. The van der Waals surface area contributed by atoms with Crippen molar-refractivity contribution in [2.24, 2.45) is 4.99 Å². The number of hydrogen-bond acceptors (Lipinski definition) is 6. The van der Waals surface area contributed by atoms with E-state index in [9.17, 15) is 4.79 Å². The zero-order valence-corrected chi connectivity index (χ0v) is 18.8. The van der Waals surface area contributed by atoms with Crippen molar-refractivity contribution in [1.82, 2.24) is 5.06 Å². The molecular weight excluding hydrogens is 422 g/mol. The minimum atomic E-state index is -0.493. The second-order valence-electron chi connectivity index (χ2n) is 7.48. The van der Waals surface area contributed by atoms with Crippen LogP contribution in [0, 0.1) is 12.3 Å². The number of carbonyl (C=O) groups is 1. The lowest BCUT2D eigenvalue weighted by atomic mass is 10.1. The number of benzene rings is 2. The average molecular weight is 447 g/mol. The van der Waals surface area contributed by atoms with Crippen molar-refractivity contribution in [3.63, 3.8) is 0 Å². The van der Waals surface area contributed by atoms with E-state index in [0.717, 1.165) is 11.3 Å². The van der Waals surface area contributed by atoms with E-state index in [1.165, 1.54) is 5.06 Å². The van der Waals surface area contributed by atoms with Gasteiger partial charge in [-0.05, 0) is 62.2 Å². The van der Waals surface area contributed by atoms with Crippen LogP contribution in [-0.2, 0) is 9.63 Å². The summed E-state index contributed by atoms with van der Waals surface area (Å²) in [6.07, 6.45) is 3.21. The minimum Gasteiger partial charge on any atom is -0.490 e. The van der Waals surface area contributed by atoms with Gasteiger partial charge >= 0.3 is 0 Å². The maximum absolute atomic E-state index is 12.5. The van der Waals surface area contributed by atoms with Gasteiger partial charge in [-0.2, -0.15) is 4.99 Å². The number of rotatable bonds is 8. The van der Waals surface area contributed by atoms with Crippen LogP contribution in [0.3, 0.4) is 0 Å². The molecule has 1 amide bonds. The van der Waals surface area contributed by atoms with Crippen LogP contribution in [0.4, 0.5) is 0 Å². The van der Waals surface area contributed by atoms with Crippen molar-refractivity contribution in [3.8, 4) is 17.2 Å². The molecular formula is C25H25N3O5. The summed E-state index contributed by atoms with van der Waals surface area (Å²) in [5.74, 6) is 2.22. The lowest BCUT2D eigenvalue weighted by Crippen LogP contribution is -2.38. The van der Waals surface area contributed by atoms with Crippen molar-refractivity contribution in [2.45, 2.75) is 20.8 Å². The number of hydroxylamine groups is 2. The summed E-state index contributed by atoms with van der Waals surface area (Å²) in [5.41, 5.74) is 1.94. The Labute approximate surface area is 192 Å². The Balaban J connectivity index is 1.45. The van der Waals surface area contributed by atoms with Gasteiger partial charge in [0.2, 0.25) is 0 Å². The minimum absolute atomic E-state index is 0.0651. The Bertz CT molecular complexity index is 1180. The van der Waals surface area contributed by atoms with Gasteiger partial charge in [0.25, 0.3) is 5.91 Å². The fourth-order valence-corrected chi connectivity index (χ4v) is 3.39. The number of aliphatic imine (C=N–C) groups is 1. The molecule has 0 fully saturated rings. The summed E-state index contributed by atoms with van der Waals surface area (Å²) in [6.45, 7) is 6.81. The molecule has 0 aromatic heterocycles. The lowest BCUT2D eigenvalue weighted by Gasteiger charge is -2.23. The highest BCUT2D eigenvalue weighted by Gasteiger charge is 2.34. The van der Waals surface area contributed by atoms with Gasteiger partial charge in [0.1, 0.15) is 24.7 Å². The summed E-state index contributed by atoms with van der Waals surface area (Å²) in [7, 11) is 0. The molecule has 8 heteroatoms. The number of allylic oxidation sites excluding steroid dienone is 1. The zero-order valence-electron chi connectivity index (χ0n) is 18.8. The summed E-state index contributed by atoms with van der Waals surface area (Å²) >= 11 is 0. The van der Waals surface area contributed by atoms with E-state index in [-0.39, 0.29) is 11.4 Å². The van der Waals surface area contributed by atoms with E-state index in [1.807, 2.05) is 38.1 Å². The highest BCUT2D eigenvalue weighted by molar-refractivity contribution is 6.32. The first-order valence-electron chi connectivity index (χ1n) is 10.6. The Kier molecular flexibility index (Phi) is 6.44. The molecule has 0 spiro atoms. The van der Waals surface area contributed by atoms with Crippen molar-refractivity contribution in [1.29, 1.82) is 5.41 Å². The SMILES string of the molecule is CCOc1cc(/C=C2/C(=N)N3OC(C)=CC3=NC2=O)ccc1OCCOc1cccc(C)c1. The topological polar surface area (TPSA) is 93.4 Å². The fourth-order valence-electron chi connectivity index (χ4n) is 3.39. The van der Waals surface area contributed by atoms with Gasteiger partial charge in [0.15, 0.2) is 23.2 Å². The maximum Gasteiger partial charge on any atom is 0.282 e. The summed E-state index contributed by atoms with van der Waals surface area (Å²) in [5, 5.41) is 9.58. The molecule has 0 aliphatic carbocycles. The normalized spacial score (nSPS) is 16.2.